The first-order chi connectivity index (χ1) is 7.93. The highest BCUT2D eigenvalue weighted by Gasteiger charge is 2.37. The number of pyridine rings is 1. The number of hydrogen-bond donors (Lipinski definition) is 0. The third kappa shape index (κ3) is 2.32. The van der Waals surface area contributed by atoms with Crippen molar-refractivity contribution in [3.63, 3.8) is 0 Å². The van der Waals surface area contributed by atoms with Gasteiger partial charge in [0, 0.05) is 18.8 Å². The fourth-order valence-electron chi connectivity index (χ4n) is 2.29. The van der Waals surface area contributed by atoms with E-state index in [1.54, 1.807) is 6.07 Å². The number of rotatable bonds is 2. The Balaban J connectivity index is 2.41. The Hall–Kier alpha value is -0.650. The molecular weight excluding hydrogens is 260 g/mol. The fraction of sp³-hybridized carbons (Fsp3) is 0.545. The van der Waals surface area contributed by atoms with Gasteiger partial charge in [-0.15, -0.1) is 0 Å². The van der Waals surface area contributed by atoms with Gasteiger partial charge >= 0.3 is 0 Å². The summed E-state index contributed by atoms with van der Waals surface area (Å²) in [6.07, 6.45) is 2.37. The van der Waals surface area contributed by atoms with E-state index in [2.05, 4.69) is 11.9 Å². The lowest BCUT2D eigenvalue weighted by Crippen LogP contribution is -2.34. The molecule has 2 atom stereocenters. The average Bonchev–Trinajstić information content (AvgIpc) is 2.59. The van der Waals surface area contributed by atoms with E-state index < -0.39 is 10.0 Å². The molecule has 17 heavy (non-hydrogen) atoms. The first-order valence-corrected chi connectivity index (χ1v) is 7.37. The third-order valence-electron chi connectivity index (χ3n) is 3.04. The van der Waals surface area contributed by atoms with Crippen molar-refractivity contribution in [1.82, 2.24) is 9.29 Å². The monoisotopic (exact) mass is 274 g/mol. The maximum Gasteiger partial charge on any atom is 0.246 e. The number of aromatic nitrogens is 1. The van der Waals surface area contributed by atoms with Gasteiger partial charge in [-0.05, 0) is 31.4 Å². The van der Waals surface area contributed by atoms with Crippen LogP contribution in [0, 0.1) is 5.92 Å². The Morgan fingerprint density at radius 2 is 2.18 bits per heavy atom. The molecule has 1 aliphatic heterocycles. The van der Waals surface area contributed by atoms with E-state index in [1.807, 2.05) is 6.92 Å². The van der Waals surface area contributed by atoms with Gasteiger partial charge in [0.2, 0.25) is 10.0 Å². The normalized spacial score (nSPS) is 26.3. The lowest BCUT2D eigenvalue weighted by Gasteiger charge is -2.21. The van der Waals surface area contributed by atoms with Crippen LogP contribution in [0.15, 0.2) is 23.2 Å². The van der Waals surface area contributed by atoms with E-state index in [0.29, 0.717) is 12.5 Å². The third-order valence-corrected chi connectivity index (χ3v) is 5.46. The van der Waals surface area contributed by atoms with Crippen LogP contribution in [0.3, 0.4) is 0 Å². The highest BCUT2D eigenvalue weighted by atomic mass is 35.5. The molecule has 1 saturated heterocycles. The van der Waals surface area contributed by atoms with Crippen LogP contribution in [0.25, 0.3) is 0 Å². The Morgan fingerprint density at radius 3 is 2.71 bits per heavy atom. The zero-order valence-electron chi connectivity index (χ0n) is 9.80. The number of sulfonamides is 1. The highest BCUT2D eigenvalue weighted by Crippen LogP contribution is 2.31. The number of hydrogen-bond acceptors (Lipinski definition) is 3. The second-order valence-electron chi connectivity index (χ2n) is 4.56. The Kier molecular flexibility index (Phi) is 3.43. The van der Waals surface area contributed by atoms with Gasteiger partial charge in [-0.2, -0.15) is 4.31 Å². The molecule has 0 saturated carbocycles. The molecule has 1 fully saturated rings. The summed E-state index contributed by atoms with van der Waals surface area (Å²) in [6, 6.07) is 3.11. The molecule has 2 unspecified atom stereocenters. The zero-order valence-corrected chi connectivity index (χ0v) is 11.4. The van der Waals surface area contributed by atoms with Crippen molar-refractivity contribution in [3.8, 4) is 0 Å². The zero-order chi connectivity index (χ0) is 12.6. The van der Waals surface area contributed by atoms with Crippen LogP contribution in [0.2, 0.25) is 5.15 Å². The van der Waals surface area contributed by atoms with Gasteiger partial charge in [-0.3, -0.25) is 0 Å². The molecule has 6 heteroatoms. The standard InChI is InChI=1S/C11H15ClN2O2S/c1-8-6-9(2)14(7-8)17(15,16)10-4-3-5-13-11(10)12/h3-5,8-9H,6-7H2,1-2H3. The van der Waals surface area contributed by atoms with E-state index in [-0.39, 0.29) is 16.1 Å². The Bertz CT molecular complexity index is 518. The van der Waals surface area contributed by atoms with Gasteiger partial charge in [-0.25, -0.2) is 13.4 Å². The van der Waals surface area contributed by atoms with Gasteiger partial charge < -0.3 is 0 Å². The molecule has 0 radical (unpaired) electrons. The molecule has 0 aromatic carbocycles. The minimum absolute atomic E-state index is 0.0197. The first-order valence-electron chi connectivity index (χ1n) is 5.55. The summed E-state index contributed by atoms with van der Waals surface area (Å²) in [7, 11) is -3.51. The van der Waals surface area contributed by atoms with Crippen molar-refractivity contribution in [2.45, 2.75) is 31.2 Å². The maximum absolute atomic E-state index is 12.4. The van der Waals surface area contributed by atoms with Crippen molar-refractivity contribution in [2.75, 3.05) is 6.54 Å². The summed E-state index contributed by atoms with van der Waals surface area (Å²) in [5.74, 6) is 0.384. The molecule has 0 aliphatic carbocycles. The second kappa shape index (κ2) is 4.55. The molecule has 0 bridgehead atoms. The molecule has 0 spiro atoms. The molecule has 4 nitrogen and oxygen atoms in total. The topological polar surface area (TPSA) is 50.3 Å². The quantitative estimate of drug-likeness (QED) is 0.777. The van der Waals surface area contributed by atoms with Crippen molar-refractivity contribution < 1.29 is 8.42 Å². The predicted molar refractivity (Wildman–Crippen MR) is 66.4 cm³/mol. The smallest absolute Gasteiger partial charge is 0.243 e. The molecule has 1 aromatic rings. The maximum atomic E-state index is 12.4. The van der Waals surface area contributed by atoms with E-state index in [9.17, 15) is 8.42 Å². The minimum Gasteiger partial charge on any atom is -0.243 e. The number of halogens is 1. The van der Waals surface area contributed by atoms with Gasteiger partial charge in [0.15, 0.2) is 0 Å². The van der Waals surface area contributed by atoms with E-state index >= 15 is 0 Å². The summed E-state index contributed by atoms with van der Waals surface area (Å²) in [5.41, 5.74) is 0. The van der Waals surface area contributed by atoms with Gasteiger partial charge in [0.05, 0.1) is 0 Å². The SMILES string of the molecule is CC1CC(C)N(S(=O)(=O)c2cccnc2Cl)C1. The molecule has 0 amide bonds. The summed E-state index contributed by atoms with van der Waals surface area (Å²) in [6.45, 7) is 4.52. The number of nitrogens with zero attached hydrogens (tertiary/aromatic N) is 2. The molecule has 1 aliphatic rings. The summed E-state index contributed by atoms with van der Waals surface area (Å²) in [5, 5.41) is 0.0410. The van der Waals surface area contributed by atoms with E-state index in [1.165, 1.54) is 16.6 Å². The molecule has 2 rings (SSSR count). The van der Waals surface area contributed by atoms with Crippen LogP contribution in [0.1, 0.15) is 20.3 Å². The second-order valence-corrected chi connectivity index (χ2v) is 6.77. The first kappa shape index (κ1) is 12.8. The van der Waals surface area contributed by atoms with Crippen LogP contribution < -0.4 is 0 Å². The summed E-state index contributed by atoms with van der Waals surface area (Å²) >= 11 is 5.85. The van der Waals surface area contributed by atoms with Crippen LogP contribution >= 0.6 is 11.6 Å². The minimum atomic E-state index is -3.51. The van der Waals surface area contributed by atoms with E-state index in [0.717, 1.165) is 6.42 Å². The molecular formula is C11H15ClN2O2S. The van der Waals surface area contributed by atoms with Crippen LogP contribution in [-0.2, 0) is 10.0 Å². The molecule has 2 heterocycles. The van der Waals surface area contributed by atoms with Gasteiger partial charge in [0.1, 0.15) is 10.0 Å². The van der Waals surface area contributed by atoms with Crippen molar-refractivity contribution >= 4 is 21.6 Å². The van der Waals surface area contributed by atoms with Crippen molar-refractivity contribution in [2.24, 2.45) is 5.92 Å². The molecule has 1 aromatic heterocycles. The molecule has 0 N–H and O–H groups in total. The molecule has 94 valence electrons. The average molecular weight is 275 g/mol. The largest absolute Gasteiger partial charge is 0.246 e. The van der Waals surface area contributed by atoms with E-state index in [4.69, 9.17) is 11.6 Å². The van der Waals surface area contributed by atoms with Gasteiger partial charge in [0.25, 0.3) is 0 Å². The van der Waals surface area contributed by atoms with Crippen LogP contribution in [0.4, 0.5) is 0 Å². The van der Waals surface area contributed by atoms with Gasteiger partial charge in [-0.1, -0.05) is 18.5 Å². The van der Waals surface area contributed by atoms with Crippen LogP contribution in [0.5, 0.6) is 0 Å². The highest BCUT2D eigenvalue weighted by molar-refractivity contribution is 7.89. The Morgan fingerprint density at radius 1 is 1.47 bits per heavy atom. The van der Waals surface area contributed by atoms with Crippen molar-refractivity contribution in [1.29, 1.82) is 0 Å². The van der Waals surface area contributed by atoms with Crippen molar-refractivity contribution in [3.05, 3.63) is 23.5 Å². The lowest BCUT2D eigenvalue weighted by atomic mass is 10.1. The summed E-state index contributed by atoms with van der Waals surface area (Å²) < 4.78 is 26.3. The van der Waals surface area contributed by atoms with Crippen LogP contribution in [-0.4, -0.2) is 30.3 Å². The summed E-state index contributed by atoms with van der Waals surface area (Å²) in [4.78, 5) is 3.92. The Labute approximate surface area is 107 Å². The predicted octanol–water partition coefficient (Wildman–Crippen LogP) is 2.15. The lowest BCUT2D eigenvalue weighted by molar-refractivity contribution is 0.405. The fourth-order valence-corrected chi connectivity index (χ4v) is 4.48.